The van der Waals surface area contributed by atoms with Gasteiger partial charge in [-0.2, -0.15) is 0 Å². The van der Waals surface area contributed by atoms with Crippen LogP contribution in [0.15, 0.2) is 0 Å². The fraction of sp³-hybridized carbons (Fsp3) is 1.00. The molecule has 1 rings (SSSR count). The summed E-state index contributed by atoms with van der Waals surface area (Å²) in [4.78, 5) is 5.06. The van der Waals surface area contributed by atoms with Crippen LogP contribution in [0.3, 0.4) is 0 Å². The molecule has 1 N–H and O–H groups in total. The fourth-order valence-electron chi connectivity index (χ4n) is 2.28. The number of likely N-dealkylation sites (N-methyl/N-ethyl adjacent to an activating group) is 2. The van der Waals surface area contributed by atoms with Crippen LogP contribution < -0.4 is 5.32 Å². The number of hydrogen-bond acceptors (Lipinski definition) is 3. The minimum absolute atomic E-state index is 0.596. The minimum Gasteiger partial charge on any atom is -0.313 e. The maximum atomic E-state index is 3.52. The first-order valence-electron chi connectivity index (χ1n) is 6.31. The second-order valence-corrected chi connectivity index (χ2v) is 4.78. The first-order chi connectivity index (χ1) is 7.15. The van der Waals surface area contributed by atoms with Crippen molar-refractivity contribution < 1.29 is 0 Å². The highest BCUT2D eigenvalue weighted by molar-refractivity contribution is 4.79. The Morgan fingerprint density at radius 1 is 1.13 bits per heavy atom. The topological polar surface area (TPSA) is 18.5 Å². The van der Waals surface area contributed by atoms with Gasteiger partial charge in [-0.05, 0) is 47.0 Å². The molecule has 0 aliphatic carbocycles. The van der Waals surface area contributed by atoms with Crippen molar-refractivity contribution in [2.45, 2.75) is 39.3 Å². The molecule has 1 heterocycles. The summed E-state index contributed by atoms with van der Waals surface area (Å²) >= 11 is 0. The molecule has 1 fully saturated rings. The van der Waals surface area contributed by atoms with Gasteiger partial charge in [0.1, 0.15) is 0 Å². The first kappa shape index (κ1) is 12.9. The summed E-state index contributed by atoms with van der Waals surface area (Å²) in [6, 6.07) is 1.25. The van der Waals surface area contributed by atoms with Gasteiger partial charge in [0.2, 0.25) is 0 Å². The molecular formula is C12H27N3. The molecule has 2 atom stereocenters. The minimum atomic E-state index is 0.596. The predicted molar refractivity (Wildman–Crippen MR) is 66.3 cm³/mol. The van der Waals surface area contributed by atoms with Crippen molar-refractivity contribution >= 4 is 0 Å². The zero-order valence-corrected chi connectivity index (χ0v) is 10.8. The zero-order valence-electron chi connectivity index (χ0n) is 10.8. The molecule has 1 saturated heterocycles. The Morgan fingerprint density at radius 2 is 1.87 bits per heavy atom. The summed E-state index contributed by atoms with van der Waals surface area (Å²) in [6.45, 7) is 12.8. The number of nitrogens with one attached hydrogen (secondary N) is 1. The molecular weight excluding hydrogens is 186 g/mol. The third-order valence-corrected chi connectivity index (χ3v) is 3.58. The van der Waals surface area contributed by atoms with Gasteiger partial charge in [0.15, 0.2) is 0 Å². The molecule has 0 saturated carbocycles. The van der Waals surface area contributed by atoms with E-state index in [0.717, 1.165) is 6.54 Å². The monoisotopic (exact) mass is 213 g/mol. The molecule has 0 amide bonds. The maximum absolute atomic E-state index is 3.52. The summed E-state index contributed by atoms with van der Waals surface area (Å²) in [7, 11) is 2.22. The smallest absolute Gasteiger partial charge is 0.0218 e. The lowest BCUT2D eigenvalue weighted by Crippen LogP contribution is -2.48. The van der Waals surface area contributed by atoms with Crippen LogP contribution in [0.2, 0.25) is 0 Å². The van der Waals surface area contributed by atoms with E-state index < -0.39 is 0 Å². The molecule has 2 unspecified atom stereocenters. The van der Waals surface area contributed by atoms with Crippen LogP contribution in [0.5, 0.6) is 0 Å². The Hall–Kier alpha value is -0.120. The van der Waals surface area contributed by atoms with Crippen molar-refractivity contribution in [2.75, 3.05) is 39.8 Å². The van der Waals surface area contributed by atoms with Crippen molar-refractivity contribution in [3.05, 3.63) is 0 Å². The van der Waals surface area contributed by atoms with E-state index in [9.17, 15) is 0 Å². The molecule has 0 spiro atoms. The first-order valence-corrected chi connectivity index (χ1v) is 6.31. The van der Waals surface area contributed by atoms with Gasteiger partial charge < -0.3 is 10.2 Å². The van der Waals surface area contributed by atoms with Crippen LogP contribution >= 0.6 is 0 Å². The van der Waals surface area contributed by atoms with E-state index >= 15 is 0 Å². The van der Waals surface area contributed by atoms with E-state index in [2.05, 4.69) is 42.9 Å². The third kappa shape index (κ3) is 4.09. The standard InChI is InChI=1S/C12H27N3/c1-5-13-11(2)12(3)15-8-6-7-14(4)9-10-15/h11-13H,5-10H2,1-4H3. The molecule has 3 nitrogen and oxygen atoms in total. The van der Waals surface area contributed by atoms with Gasteiger partial charge in [0.25, 0.3) is 0 Å². The highest BCUT2D eigenvalue weighted by atomic mass is 15.2. The number of nitrogens with zero attached hydrogens (tertiary/aromatic N) is 2. The Kier molecular flexibility index (Phi) is 5.58. The van der Waals surface area contributed by atoms with Crippen molar-refractivity contribution in [2.24, 2.45) is 0 Å². The Labute approximate surface area is 94.8 Å². The SMILES string of the molecule is CCNC(C)C(C)N1CCCN(C)CC1. The van der Waals surface area contributed by atoms with Crippen LogP contribution in [-0.2, 0) is 0 Å². The summed E-state index contributed by atoms with van der Waals surface area (Å²) < 4.78 is 0. The molecule has 0 aromatic carbocycles. The molecule has 0 aromatic heterocycles. The molecule has 90 valence electrons. The molecule has 0 bridgehead atoms. The van der Waals surface area contributed by atoms with E-state index in [4.69, 9.17) is 0 Å². The van der Waals surface area contributed by atoms with E-state index in [1.807, 2.05) is 0 Å². The number of hydrogen-bond donors (Lipinski definition) is 1. The van der Waals surface area contributed by atoms with Gasteiger partial charge in [-0.25, -0.2) is 0 Å². The van der Waals surface area contributed by atoms with Crippen molar-refractivity contribution in [1.82, 2.24) is 15.1 Å². The predicted octanol–water partition coefficient (Wildman–Crippen LogP) is 1.01. The summed E-state index contributed by atoms with van der Waals surface area (Å²) in [5.74, 6) is 0. The van der Waals surface area contributed by atoms with Crippen molar-refractivity contribution in [1.29, 1.82) is 0 Å². The molecule has 1 aliphatic heterocycles. The summed E-state index contributed by atoms with van der Waals surface area (Å²) in [5.41, 5.74) is 0. The van der Waals surface area contributed by atoms with Crippen LogP contribution in [0.25, 0.3) is 0 Å². The van der Waals surface area contributed by atoms with Crippen LogP contribution in [-0.4, -0.2) is 61.7 Å². The third-order valence-electron chi connectivity index (χ3n) is 3.58. The Bertz CT molecular complexity index is 172. The molecule has 0 aromatic rings. The van der Waals surface area contributed by atoms with E-state index in [1.54, 1.807) is 0 Å². The van der Waals surface area contributed by atoms with Crippen molar-refractivity contribution in [3.8, 4) is 0 Å². The molecule has 1 aliphatic rings. The Balaban J connectivity index is 2.40. The van der Waals surface area contributed by atoms with Gasteiger partial charge in [-0.1, -0.05) is 6.92 Å². The molecule has 3 heteroatoms. The number of rotatable bonds is 4. The van der Waals surface area contributed by atoms with E-state index in [-0.39, 0.29) is 0 Å². The lowest BCUT2D eigenvalue weighted by molar-refractivity contribution is 0.181. The highest BCUT2D eigenvalue weighted by Crippen LogP contribution is 2.08. The van der Waals surface area contributed by atoms with Gasteiger partial charge in [0.05, 0.1) is 0 Å². The van der Waals surface area contributed by atoms with Crippen LogP contribution in [0, 0.1) is 0 Å². The van der Waals surface area contributed by atoms with Gasteiger partial charge in [-0.3, -0.25) is 4.90 Å². The Morgan fingerprint density at radius 3 is 2.53 bits per heavy atom. The summed E-state index contributed by atoms with van der Waals surface area (Å²) in [6.07, 6.45) is 1.31. The largest absolute Gasteiger partial charge is 0.313 e. The van der Waals surface area contributed by atoms with E-state index in [0.29, 0.717) is 12.1 Å². The molecule has 0 radical (unpaired) electrons. The summed E-state index contributed by atoms with van der Waals surface area (Å²) in [5, 5.41) is 3.52. The maximum Gasteiger partial charge on any atom is 0.0218 e. The van der Waals surface area contributed by atoms with Crippen molar-refractivity contribution in [3.63, 3.8) is 0 Å². The second-order valence-electron chi connectivity index (χ2n) is 4.78. The van der Waals surface area contributed by atoms with Gasteiger partial charge >= 0.3 is 0 Å². The average Bonchev–Trinajstić information content (AvgIpc) is 2.42. The van der Waals surface area contributed by atoms with Crippen LogP contribution in [0.1, 0.15) is 27.2 Å². The fourth-order valence-corrected chi connectivity index (χ4v) is 2.28. The van der Waals surface area contributed by atoms with Gasteiger partial charge in [0, 0.05) is 25.2 Å². The molecule has 15 heavy (non-hydrogen) atoms. The quantitative estimate of drug-likeness (QED) is 0.752. The average molecular weight is 213 g/mol. The second kappa shape index (κ2) is 6.46. The zero-order chi connectivity index (χ0) is 11.3. The highest BCUT2D eigenvalue weighted by Gasteiger charge is 2.21. The lowest BCUT2D eigenvalue weighted by Gasteiger charge is -2.32. The van der Waals surface area contributed by atoms with Gasteiger partial charge in [-0.15, -0.1) is 0 Å². The van der Waals surface area contributed by atoms with Crippen LogP contribution in [0.4, 0.5) is 0 Å². The lowest BCUT2D eigenvalue weighted by atomic mass is 10.1. The van der Waals surface area contributed by atoms with E-state index in [1.165, 1.54) is 32.6 Å². The normalized spacial score (nSPS) is 24.8.